The van der Waals surface area contributed by atoms with Crippen LogP contribution in [0, 0.1) is 11.3 Å². The van der Waals surface area contributed by atoms with Crippen LogP contribution in [0.4, 0.5) is 0 Å². The SMILES string of the molecule is O=C(NCc1n[nH]c(=O)[nH]1)[C@@]1(Cc2cscn2)C[C@H]2CC[C@@H]1N2CC1CC1. The molecule has 5 rings (SSSR count). The Balaban J connectivity index is 1.38. The molecule has 8 nitrogen and oxygen atoms in total. The van der Waals surface area contributed by atoms with Gasteiger partial charge < -0.3 is 5.32 Å². The standard InChI is InChI=1S/C18H24N6O2S/c25-16(19-7-15-21-17(26)23-22-15)18(5-12-9-27-10-20-12)6-13-3-4-14(18)24(13)8-11-1-2-11/h9-11,13-14H,1-8H2,(H,19,25)(H2,21,22,23,26)/t13-,14+,18+/m1/s1. The van der Waals surface area contributed by atoms with Gasteiger partial charge in [0.1, 0.15) is 5.82 Å². The van der Waals surface area contributed by atoms with E-state index in [1.54, 1.807) is 11.3 Å². The number of rotatable bonds is 7. The zero-order valence-corrected chi connectivity index (χ0v) is 15.9. The summed E-state index contributed by atoms with van der Waals surface area (Å²) in [5.41, 5.74) is 2.04. The molecular weight excluding hydrogens is 364 g/mol. The van der Waals surface area contributed by atoms with Crippen molar-refractivity contribution in [3.63, 3.8) is 0 Å². The fourth-order valence-electron chi connectivity index (χ4n) is 5.07. The summed E-state index contributed by atoms with van der Waals surface area (Å²) in [5, 5.41) is 11.3. The molecule has 1 aliphatic carbocycles. The van der Waals surface area contributed by atoms with Crippen molar-refractivity contribution in [3.05, 3.63) is 32.9 Å². The molecule has 2 aromatic rings. The smallest absolute Gasteiger partial charge is 0.340 e. The minimum absolute atomic E-state index is 0.0624. The van der Waals surface area contributed by atoms with Crippen LogP contribution >= 0.6 is 11.3 Å². The Bertz CT molecular complexity index is 873. The molecule has 2 aromatic heterocycles. The molecule has 0 spiro atoms. The van der Waals surface area contributed by atoms with Gasteiger partial charge in [0.05, 0.1) is 23.2 Å². The number of nitrogens with one attached hydrogen (secondary N) is 3. The molecule has 144 valence electrons. The number of amides is 1. The summed E-state index contributed by atoms with van der Waals surface area (Å²) >= 11 is 1.58. The van der Waals surface area contributed by atoms with Gasteiger partial charge in [-0.1, -0.05) is 0 Å². The first kappa shape index (κ1) is 17.1. The highest BCUT2D eigenvalue weighted by atomic mass is 32.1. The number of carbonyl (C=O) groups is 1. The average molecular weight is 388 g/mol. The molecular formula is C18H24N6O2S. The maximum atomic E-state index is 13.4. The summed E-state index contributed by atoms with van der Waals surface area (Å²) in [7, 11) is 0. The zero-order chi connectivity index (χ0) is 18.4. The minimum Gasteiger partial charge on any atom is -0.348 e. The third kappa shape index (κ3) is 3.12. The van der Waals surface area contributed by atoms with Crippen molar-refractivity contribution in [2.75, 3.05) is 6.54 Å². The number of aromatic amines is 2. The fourth-order valence-corrected chi connectivity index (χ4v) is 5.63. The van der Waals surface area contributed by atoms with Crippen LogP contribution in [-0.4, -0.2) is 49.6 Å². The van der Waals surface area contributed by atoms with E-state index in [4.69, 9.17) is 0 Å². The van der Waals surface area contributed by atoms with Gasteiger partial charge in [-0.05, 0) is 38.0 Å². The quantitative estimate of drug-likeness (QED) is 0.657. The predicted molar refractivity (Wildman–Crippen MR) is 100 cm³/mol. The Labute approximate surface area is 160 Å². The molecule has 27 heavy (non-hydrogen) atoms. The number of hydrogen-bond donors (Lipinski definition) is 3. The highest BCUT2D eigenvalue weighted by Crippen LogP contribution is 2.53. The lowest BCUT2D eigenvalue weighted by Gasteiger charge is -2.36. The van der Waals surface area contributed by atoms with Crippen LogP contribution in [0.25, 0.3) is 0 Å². The van der Waals surface area contributed by atoms with E-state index < -0.39 is 5.41 Å². The van der Waals surface area contributed by atoms with E-state index in [0.717, 1.165) is 31.0 Å². The molecule has 9 heteroatoms. The summed E-state index contributed by atoms with van der Waals surface area (Å²) in [6, 6.07) is 0.785. The number of thiazole rings is 1. The lowest BCUT2D eigenvalue weighted by Crippen LogP contribution is -2.50. The largest absolute Gasteiger partial charge is 0.348 e. The van der Waals surface area contributed by atoms with Gasteiger partial charge in [-0.25, -0.2) is 14.9 Å². The van der Waals surface area contributed by atoms with Crippen LogP contribution < -0.4 is 11.0 Å². The van der Waals surface area contributed by atoms with Crippen LogP contribution in [0.1, 0.15) is 43.6 Å². The van der Waals surface area contributed by atoms with Gasteiger partial charge in [0.25, 0.3) is 0 Å². The van der Waals surface area contributed by atoms with E-state index >= 15 is 0 Å². The van der Waals surface area contributed by atoms with Gasteiger partial charge in [0.2, 0.25) is 5.91 Å². The third-order valence-electron chi connectivity index (χ3n) is 6.45. The second-order valence-electron chi connectivity index (χ2n) is 8.21. The lowest BCUT2D eigenvalue weighted by atomic mass is 9.70. The maximum absolute atomic E-state index is 13.4. The molecule has 0 unspecified atom stereocenters. The molecule has 0 aromatic carbocycles. The van der Waals surface area contributed by atoms with Crippen LogP contribution in [0.2, 0.25) is 0 Å². The van der Waals surface area contributed by atoms with Gasteiger partial charge in [0, 0.05) is 30.4 Å². The van der Waals surface area contributed by atoms with Crippen molar-refractivity contribution in [2.45, 2.75) is 57.2 Å². The van der Waals surface area contributed by atoms with E-state index in [0.29, 0.717) is 18.3 Å². The molecule has 3 N–H and O–H groups in total. The van der Waals surface area contributed by atoms with Gasteiger partial charge in [0.15, 0.2) is 0 Å². The summed E-state index contributed by atoms with van der Waals surface area (Å²) in [5.74, 6) is 1.34. The van der Waals surface area contributed by atoms with Crippen LogP contribution in [-0.2, 0) is 17.8 Å². The highest BCUT2D eigenvalue weighted by Gasteiger charge is 2.60. The molecule has 3 atom stereocenters. The highest BCUT2D eigenvalue weighted by molar-refractivity contribution is 7.07. The Morgan fingerprint density at radius 3 is 2.96 bits per heavy atom. The first-order valence-electron chi connectivity index (χ1n) is 9.69. The minimum atomic E-state index is -0.442. The Kier molecular flexibility index (Phi) is 4.16. The molecule has 2 saturated heterocycles. The maximum Gasteiger partial charge on any atom is 0.340 e. The van der Waals surface area contributed by atoms with E-state index in [1.807, 2.05) is 5.51 Å². The van der Waals surface area contributed by atoms with Gasteiger partial charge in [-0.2, -0.15) is 5.10 Å². The number of nitrogens with zero attached hydrogens (tertiary/aromatic N) is 3. The number of hydrogen-bond acceptors (Lipinski definition) is 6. The summed E-state index contributed by atoms with van der Waals surface area (Å²) in [6.45, 7) is 1.37. The number of carbonyl (C=O) groups excluding carboxylic acids is 1. The number of aromatic nitrogens is 4. The number of H-pyrrole nitrogens is 2. The van der Waals surface area contributed by atoms with Crippen molar-refractivity contribution in [2.24, 2.45) is 11.3 Å². The molecule has 3 fully saturated rings. The monoisotopic (exact) mass is 388 g/mol. The second kappa shape index (κ2) is 6.56. The van der Waals surface area contributed by atoms with Crippen molar-refractivity contribution < 1.29 is 4.79 Å². The zero-order valence-electron chi connectivity index (χ0n) is 15.1. The van der Waals surface area contributed by atoms with Gasteiger partial charge in [-0.15, -0.1) is 11.3 Å². The topological polar surface area (TPSA) is 107 Å². The first-order valence-corrected chi connectivity index (χ1v) is 10.6. The summed E-state index contributed by atoms with van der Waals surface area (Å²) in [6.07, 6.45) is 6.50. The molecule has 1 amide bonds. The average Bonchev–Trinajstić information content (AvgIpc) is 3.01. The van der Waals surface area contributed by atoms with Gasteiger partial charge >= 0.3 is 5.69 Å². The molecule has 0 radical (unpaired) electrons. The Morgan fingerprint density at radius 2 is 2.26 bits per heavy atom. The van der Waals surface area contributed by atoms with E-state index in [-0.39, 0.29) is 24.2 Å². The van der Waals surface area contributed by atoms with Crippen LogP contribution in [0.5, 0.6) is 0 Å². The van der Waals surface area contributed by atoms with E-state index in [2.05, 4.69) is 35.8 Å². The Morgan fingerprint density at radius 1 is 1.37 bits per heavy atom. The molecule has 4 heterocycles. The van der Waals surface area contributed by atoms with Crippen molar-refractivity contribution in [1.29, 1.82) is 0 Å². The first-order chi connectivity index (χ1) is 13.1. The van der Waals surface area contributed by atoms with Crippen molar-refractivity contribution in [3.8, 4) is 0 Å². The lowest BCUT2D eigenvalue weighted by molar-refractivity contribution is -0.133. The van der Waals surface area contributed by atoms with E-state index in [1.165, 1.54) is 19.3 Å². The molecule has 2 bridgehead atoms. The molecule has 1 saturated carbocycles. The van der Waals surface area contributed by atoms with Crippen LogP contribution in [0.3, 0.4) is 0 Å². The van der Waals surface area contributed by atoms with Crippen molar-refractivity contribution in [1.82, 2.24) is 30.4 Å². The van der Waals surface area contributed by atoms with Gasteiger partial charge in [-0.3, -0.25) is 14.7 Å². The van der Waals surface area contributed by atoms with Crippen molar-refractivity contribution >= 4 is 17.2 Å². The normalized spacial score (nSPS) is 30.1. The Hall–Kier alpha value is -2.00. The summed E-state index contributed by atoms with van der Waals surface area (Å²) in [4.78, 5) is 34.3. The fraction of sp³-hybridized carbons (Fsp3) is 0.667. The third-order valence-corrected chi connectivity index (χ3v) is 7.08. The van der Waals surface area contributed by atoms with E-state index in [9.17, 15) is 9.59 Å². The molecule has 2 aliphatic heterocycles. The number of fused-ring (bicyclic) bond motifs is 2. The second-order valence-corrected chi connectivity index (χ2v) is 8.93. The molecule has 3 aliphatic rings. The summed E-state index contributed by atoms with van der Waals surface area (Å²) < 4.78 is 0. The predicted octanol–water partition coefficient (Wildman–Crippen LogP) is 1.05. The van der Waals surface area contributed by atoms with Crippen LogP contribution in [0.15, 0.2) is 15.7 Å².